The van der Waals surface area contributed by atoms with Crippen LogP contribution >= 0.6 is 38.5 Å². The summed E-state index contributed by atoms with van der Waals surface area (Å²) >= 11 is 5.55. The minimum atomic E-state index is -1.40. The molecule has 0 aliphatic heterocycles. The molecule has 49 heavy (non-hydrogen) atoms. The average molecular weight is 845 g/mol. The van der Waals surface area contributed by atoms with Gasteiger partial charge in [0, 0.05) is 10.9 Å². The summed E-state index contributed by atoms with van der Waals surface area (Å²) in [5, 5.41) is 28.5. The normalized spacial score (nSPS) is 12.1. The number of hydrazone groups is 1. The lowest BCUT2D eigenvalue weighted by molar-refractivity contribution is -0.130. The van der Waals surface area contributed by atoms with E-state index in [2.05, 4.69) is 59.7 Å². The zero-order valence-electron chi connectivity index (χ0n) is 26.3. The van der Waals surface area contributed by atoms with Crippen molar-refractivity contribution in [2.75, 3.05) is 13.7 Å². The van der Waals surface area contributed by atoms with E-state index in [0.29, 0.717) is 29.2 Å². The van der Waals surface area contributed by atoms with Crippen LogP contribution in [0.15, 0.2) is 101 Å². The molecule has 0 aromatic heterocycles. The number of aliphatic hydroxyl groups excluding tert-OH is 1. The van der Waals surface area contributed by atoms with Crippen molar-refractivity contribution in [1.29, 1.82) is 0 Å². The Balaban J connectivity index is 1.41. The van der Waals surface area contributed by atoms with E-state index in [4.69, 9.17) is 14.2 Å². The largest absolute Gasteiger partial charge is 0.508 e. The second-order valence-corrected chi connectivity index (χ2v) is 12.6. The second kappa shape index (κ2) is 18.8. The van der Waals surface area contributed by atoms with Crippen molar-refractivity contribution >= 4 is 62.6 Å². The van der Waals surface area contributed by atoms with E-state index < -0.39 is 36.6 Å². The van der Waals surface area contributed by atoms with Gasteiger partial charge >= 0.3 is 6.09 Å². The number of phenolic OH excluding ortho intramolecular Hbond substituents is 1. The first-order valence-corrected chi connectivity index (χ1v) is 16.8. The molecule has 0 saturated carbocycles. The molecule has 3 amide bonds. The Bertz CT molecular complexity index is 1740. The molecule has 0 aliphatic carbocycles. The number of benzene rings is 4. The number of aromatic hydroxyl groups is 1. The Labute approximate surface area is 305 Å². The minimum Gasteiger partial charge on any atom is -0.508 e. The summed E-state index contributed by atoms with van der Waals surface area (Å²) in [4.78, 5) is 38.8. The highest BCUT2D eigenvalue weighted by atomic mass is 127. The first-order chi connectivity index (χ1) is 23.6. The number of nitrogens with zero attached hydrogens (tertiary/aromatic N) is 1. The number of amides is 3. The van der Waals surface area contributed by atoms with Gasteiger partial charge in [-0.05, 0) is 81.2 Å². The number of ether oxygens (including phenoxy) is 3. The van der Waals surface area contributed by atoms with Crippen LogP contribution in [0.1, 0.15) is 22.3 Å². The third-order valence-corrected chi connectivity index (χ3v) is 8.28. The molecule has 4 aromatic carbocycles. The maximum atomic E-state index is 13.3. The van der Waals surface area contributed by atoms with Crippen molar-refractivity contribution in [3.63, 3.8) is 0 Å². The SMILES string of the molecule is COc1cc(/C=N\NC(=O)[C@H](Cc2ccc(O)cc2)NC(=O)[C@H](CO)NC(=O)OCc2ccccc2)cc(I)c1OCc1ccc(Br)cc1. The van der Waals surface area contributed by atoms with E-state index in [-0.39, 0.29) is 18.8 Å². The number of methoxy groups -OCH3 is 1. The van der Waals surface area contributed by atoms with Crippen LogP contribution in [0.4, 0.5) is 4.79 Å². The van der Waals surface area contributed by atoms with Crippen LogP contribution in [0, 0.1) is 3.57 Å². The van der Waals surface area contributed by atoms with Gasteiger partial charge in [0.25, 0.3) is 5.91 Å². The summed E-state index contributed by atoms with van der Waals surface area (Å²) in [5.41, 5.74) is 5.39. The van der Waals surface area contributed by atoms with E-state index in [0.717, 1.165) is 19.2 Å². The van der Waals surface area contributed by atoms with Crippen molar-refractivity contribution in [2.24, 2.45) is 5.10 Å². The highest BCUT2D eigenvalue weighted by Crippen LogP contribution is 2.34. The smallest absolute Gasteiger partial charge is 0.408 e. The van der Waals surface area contributed by atoms with Crippen LogP contribution in [0.2, 0.25) is 0 Å². The number of carbonyl (C=O) groups excluding carboxylic acids is 3. The molecule has 2 atom stereocenters. The van der Waals surface area contributed by atoms with Gasteiger partial charge in [-0.15, -0.1) is 0 Å². The van der Waals surface area contributed by atoms with Crippen LogP contribution in [0.3, 0.4) is 0 Å². The van der Waals surface area contributed by atoms with E-state index in [9.17, 15) is 24.6 Å². The molecule has 0 radical (unpaired) electrons. The Hall–Kier alpha value is -4.67. The molecule has 4 aromatic rings. The highest BCUT2D eigenvalue weighted by molar-refractivity contribution is 14.1. The van der Waals surface area contributed by atoms with Crippen LogP contribution in [-0.4, -0.2) is 60.1 Å². The van der Waals surface area contributed by atoms with E-state index in [1.54, 1.807) is 48.5 Å². The number of carbonyl (C=O) groups is 3. The summed E-state index contributed by atoms with van der Waals surface area (Å²) in [6.45, 7) is -0.455. The van der Waals surface area contributed by atoms with Crippen LogP contribution in [0.5, 0.6) is 17.2 Å². The fraction of sp³-hybridized carbons (Fsp3) is 0.200. The number of alkyl carbamates (subject to hydrolysis) is 1. The molecule has 0 saturated heterocycles. The maximum absolute atomic E-state index is 13.3. The van der Waals surface area contributed by atoms with Crippen LogP contribution in [0.25, 0.3) is 0 Å². The molecule has 0 fully saturated rings. The molecule has 0 bridgehead atoms. The van der Waals surface area contributed by atoms with Crippen molar-refractivity contribution in [3.8, 4) is 17.2 Å². The third kappa shape index (κ3) is 11.8. The third-order valence-electron chi connectivity index (χ3n) is 6.95. The fourth-order valence-corrected chi connectivity index (χ4v) is 5.43. The quantitative estimate of drug-likeness (QED) is 0.0646. The van der Waals surface area contributed by atoms with Gasteiger partial charge in [-0.3, -0.25) is 9.59 Å². The van der Waals surface area contributed by atoms with E-state index >= 15 is 0 Å². The number of phenols is 1. The van der Waals surface area contributed by atoms with Gasteiger partial charge in [-0.1, -0.05) is 70.5 Å². The molecular formula is C35H34BrIN4O8. The summed E-state index contributed by atoms with van der Waals surface area (Å²) in [7, 11) is 1.52. The summed E-state index contributed by atoms with van der Waals surface area (Å²) < 4.78 is 18.5. The number of rotatable bonds is 15. The Morgan fingerprint density at radius 3 is 2.22 bits per heavy atom. The summed E-state index contributed by atoms with van der Waals surface area (Å²) in [6, 6.07) is 23.7. The monoisotopic (exact) mass is 844 g/mol. The molecule has 5 N–H and O–H groups in total. The lowest BCUT2D eigenvalue weighted by Gasteiger charge is -2.21. The topological polar surface area (TPSA) is 168 Å². The van der Waals surface area contributed by atoms with Crippen molar-refractivity contribution in [1.82, 2.24) is 16.1 Å². The Morgan fingerprint density at radius 1 is 0.878 bits per heavy atom. The predicted octanol–water partition coefficient (Wildman–Crippen LogP) is 4.81. The molecule has 0 unspecified atom stereocenters. The van der Waals surface area contributed by atoms with Crippen molar-refractivity contribution in [2.45, 2.75) is 31.7 Å². The number of aliphatic hydroxyl groups is 1. The van der Waals surface area contributed by atoms with Gasteiger partial charge < -0.3 is 35.1 Å². The first kappa shape index (κ1) is 37.2. The van der Waals surface area contributed by atoms with Crippen LogP contribution < -0.4 is 25.5 Å². The summed E-state index contributed by atoms with van der Waals surface area (Å²) in [5.74, 6) is -0.428. The lowest BCUT2D eigenvalue weighted by atomic mass is 10.0. The lowest BCUT2D eigenvalue weighted by Crippen LogP contribution is -2.55. The molecule has 14 heteroatoms. The molecule has 0 aliphatic rings. The Morgan fingerprint density at radius 2 is 1.55 bits per heavy atom. The predicted molar refractivity (Wildman–Crippen MR) is 194 cm³/mol. The molecule has 256 valence electrons. The second-order valence-electron chi connectivity index (χ2n) is 10.6. The van der Waals surface area contributed by atoms with Gasteiger partial charge in [0.15, 0.2) is 11.5 Å². The van der Waals surface area contributed by atoms with Gasteiger partial charge in [0.2, 0.25) is 5.91 Å². The number of hydrogen-bond donors (Lipinski definition) is 5. The van der Waals surface area contributed by atoms with E-state index in [1.807, 2.05) is 30.3 Å². The van der Waals surface area contributed by atoms with Gasteiger partial charge in [0.1, 0.15) is 31.0 Å². The highest BCUT2D eigenvalue weighted by Gasteiger charge is 2.27. The van der Waals surface area contributed by atoms with Crippen molar-refractivity contribution in [3.05, 3.63) is 121 Å². The number of hydrogen-bond acceptors (Lipinski definition) is 9. The van der Waals surface area contributed by atoms with Crippen molar-refractivity contribution < 1.29 is 38.8 Å². The molecular weight excluding hydrogens is 811 g/mol. The number of nitrogens with one attached hydrogen (secondary N) is 3. The van der Waals surface area contributed by atoms with Gasteiger partial charge in [-0.25, -0.2) is 10.2 Å². The first-order valence-electron chi connectivity index (χ1n) is 14.9. The molecule has 0 heterocycles. The molecule has 0 spiro atoms. The molecule has 4 rings (SSSR count). The van der Waals surface area contributed by atoms with E-state index in [1.165, 1.54) is 25.5 Å². The Kier molecular flexibility index (Phi) is 14.2. The summed E-state index contributed by atoms with van der Waals surface area (Å²) in [6.07, 6.45) is 0.513. The number of halogens is 2. The van der Waals surface area contributed by atoms with Gasteiger partial charge in [-0.2, -0.15) is 5.10 Å². The fourth-order valence-electron chi connectivity index (χ4n) is 4.39. The van der Waals surface area contributed by atoms with Crippen LogP contribution in [-0.2, 0) is 34.0 Å². The molecule has 12 nitrogen and oxygen atoms in total. The standard InChI is InChI=1S/C35H34BrIN4O8/c1-47-31-17-25(15-28(37)32(31)48-20-24-7-11-26(36)12-8-24)18-38-41-34(45)29(16-22-9-13-27(43)14-10-22)39-33(44)30(19-42)40-35(46)49-21-23-5-3-2-4-6-23/h2-15,17-18,29-30,42-43H,16,19-21H2,1H3,(H,39,44)(H,40,46)(H,41,45)/b38-18-/t29-,30-/m0/s1. The zero-order chi connectivity index (χ0) is 35.2. The minimum absolute atomic E-state index is 0.0140. The van der Waals surface area contributed by atoms with Gasteiger partial charge in [0.05, 0.1) is 23.5 Å². The zero-order valence-corrected chi connectivity index (χ0v) is 30.0. The maximum Gasteiger partial charge on any atom is 0.408 e. The average Bonchev–Trinajstić information content (AvgIpc) is 3.10.